The van der Waals surface area contributed by atoms with Gasteiger partial charge >= 0.3 is 0 Å². The van der Waals surface area contributed by atoms with E-state index in [-0.39, 0.29) is 5.92 Å². The first-order chi connectivity index (χ1) is 9.82. The minimum absolute atomic E-state index is 0.281. The topological polar surface area (TPSA) is 41.1 Å². The second kappa shape index (κ2) is 8.54. The van der Waals surface area contributed by atoms with E-state index in [1.165, 1.54) is 6.42 Å². The number of hydrogen-bond acceptors (Lipinski definition) is 4. The Kier molecular flexibility index (Phi) is 7.40. The Morgan fingerprint density at radius 2 is 1.81 bits per heavy atom. The largest absolute Gasteiger partial charge is 0.370 e. The number of nitrogens with zero attached hydrogens (tertiary/aromatic N) is 3. The Morgan fingerprint density at radius 1 is 1.14 bits per heavy atom. The van der Waals surface area contributed by atoms with Crippen molar-refractivity contribution < 1.29 is 0 Å². The molecule has 1 heterocycles. The summed E-state index contributed by atoms with van der Waals surface area (Å²) in [6.07, 6.45) is 2.30. The van der Waals surface area contributed by atoms with Crippen molar-refractivity contribution in [2.75, 3.05) is 25.5 Å². The summed E-state index contributed by atoms with van der Waals surface area (Å²) in [6.45, 7) is 12.6. The van der Waals surface area contributed by atoms with Crippen molar-refractivity contribution in [1.29, 1.82) is 0 Å². The molecular formula is C16H29ClN4. The number of unbranched alkanes of at least 4 members (excludes halogenated alkanes) is 1. The van der Waals surface area contributed by atoms with Gasteiger partial charge in [-0.3, -0.25) is 0 Å². The molecule has 0 atom stereocenters. The van der Waals surface area contributed by atoms with Crippen molar-refractivity contribution in [3.8, 4) is 0 Å². The summed E-state index contributed by atoms with van der Waals surface area (Å²) in [4.78, 5) is 11.3. The van der Waals surface area contributed by atoms with Crippen LogP contribution in [0.1, 0.15) is 57.8 Å². The number of rotatable bonds is 8. The summed E-state index contributed by atoms with van der Waals surface area (Å²) in [7, 11) is 2.17. The Morgan fingerprint density at radius 3 is 2.38 bits per heavy atom. The summed E-state index contributed by atoms with van der Waals surface area (Å²) < 4.78 is 0. The predicted octanol–water partition coefficient (Wildman–Crippen LogP) is 4.09. The summed E-state index contributed by atoms with van der Waals surface area (Å²) >= 11 is 6.18. The van der Waals surface area contributed by atoms with E-state index in [0.29, 0.717) is 11.2 Å². The zero-order chi connectivity index (χ0) is 16.0. The van der Waals surface area contributed by atoms with Crippen LogP contribution < -0.4 is 5.32 Å². The van der Waals surface area contributed by atoms with E-state index in [4.69, 9.17) is 11.6 Å². The van der Waals surface area contributed by atoms with Crippen LogP contribution in [0.15, 0.2) is 0 Å². The van der Waals surface area contributed by atoms with Crippen LogP contribution in [0.3, 0.4) is 0 Å². The molecule has 0 unspecified atom stereocenters. The Bertz CT molecular complexity index is 446. The van der Waals surface area contributed by atoms with Crippen LogP contribution in [0.2, 0.25) is 5.15 Å². The van der Waals surface area contributed by atoms with E-state index >= 15 is 0 Å². The summed E-state index contributed by atoms with van der Waals surface area (Å²) in [5, 5.41) is 3.95. The second-order valence-corrected chi connectivity index (χ2v) is 6.57. The van der Waals surface area contributed by atoms with Crippen molar-refractivity contribution >= 4 is 17.4 Å². The molecule has 5 heteroatoms. The van der Waals surface area contributed by atoms with Gasteiger partial charge in [0.25, 0.3) is 0 Å². The van der Waals surface area contributed by atoms with Gasteiger partial charge in [-0.15, -0.1) is 0 Å². The van der Waals surface area contributed by atoms with Crippen molar-refractivity contribution in [2.24, 2.45) is 0 Å². The molecule has 0 spiro atoms. The van der Waals surface area contributed by atoms with Crippen molar-refractivity contribution in [1.82, 2.24) is 14.9 Å². The van der Waals surface area contributed by atoms with Crippen LogP contribution in [0.25, 0.3) is 0 Å². The van der Waals surface area contributed by atoms with Gasteiger partial charge in [0.2, 0.25) is 0 Å². The molecule has 0 aliphatic rings. The van der Waals surface area contributed by atoms with E-state index < -0.39 is 0 Å². The smallest absolute Gasteiger partial charge is 0.137 e. The lowest BCUT2D eigenvalue weighted by Crippen LogP contribution is -2.27. The van der Waals surface area contributed by atoms with Gasteiger partial charge in [-0.25, -0.2) is 9.97 Å². The fraction of sp³-hybridized carbons (Fsp3) is 0.750. The highest BCUT2D eigenvalue weighted by Crippen LogP contribution is 2.22. The number of nitrogens with one attached hydrogen (secondary N) is 1. The third-order valence-electron chi connectivity index (χ3n) is 3.73. The minimum Gasteiger partial charge on any atom is -0.370 e. The predicted molar refractivity (Wildman–Crippen MR) is 91.4 cm³/mol. The first kappa shape index (κ1) is 18.2. The van der Waals surface area contributed by atoms with Crippen LogP contribution in [0, 0.1) is 6.92 Å². The van der Waals surface area contributed by atoms with Gasteiger partial charge < -0.3 is 10.2 Å². The zero-order valence-electron chi connectivity index (χ0n) is 14.2. The maximum atomic E-state index is 6.18. The molecule has 21 heavy (non-hydrogen) atoms. The SMILES string of the molecule is Cc1c(Cl)nc(C(C)C)nc1NCCCCN(C)C(C)C. The third kappa shape index (κ3) is 5.79. The van der Waals surface area contributed by atoms with Gasteiger partial charge in [0.1, 0.15) is 16.8 Å². The molecule has 0 aromatic carbocycles. The zero-order valence-corrected chi connectivity index (χ0v) is 15.0. The Labute approximate surface area is 134 Å². The highest BCUT2D eigenvalue weighted by molar-refractivity contribution is 6.30. The molecule has 4 nitrogen and oxygen atoms in total. The van der Waals surface area contributed by atoms with Gasteiger partial charge in [-0.1, -0.05) is 25.4 Å². The van der Waals surface area contributed by atoms with Crippen molar-refractivity contribution in [3.05, 3.63) is 16.5 Å². The number of halogens is 1. The third-order valence-corrected chi connectivity index (χ3v) is 4.10. The first-order valence-corrected chi connectivity index (χ1v) is 8.18. The molecule has 0 bridgehead atoms. The molecular weight excluding hydrogens is 284 g/mol. The van der Waals surface area contributed by atoms with E-state index in [1.807, 2.05) is 6.92 Å². The maximum absolute atomic E-state index is 6.18. The van der Waals surface area contributed by atoms with Gasteiger partial charge in [-0.05, 0) is 47.2 Å². The fourth-order valence-corrected chi connectivity index (χ4v) is 2.06. The van der Waals surface area contributed by atoms with E-state index in [1.54, 1.807) is 0 Å². The number of anilines is 1. The quantitative estimate of drug-likeness (QED) is 0.580. The van der Waals surface area contributed by atoms with E-state index in [0.717, 1.165) is 36.7 Å². The van der Waals surface area contributed by atoms with Gasteiger partial charge in [0.05, 0.1) is 0 Å². The molecule has 1 aromatic heterocycles. The number of aromatic nitrogens is 2. The molecule has 0 saturated heterocycles. The molecule has 0 aliphatic carbocycles. The molecule has 1 N–H and O–H groups in total. The summed E-state index contributed by atoms with van der Waals surface area (Å²) in [6, 6.07) is 0.606. The molecule has 0 amide bonds. The van der Waals surface area contributed by atoms with Crippen LogP contribution in [-0.2, 0) is 0 Å². The van der Waals surface area contributed by atoms with Crippen LogP contribution in [-0.4, -0.2) is 41.0 Å². The molecule has 0 fully saturated rings. The Balaban J connectivity index is 2.48. The van der Waals surface area contributed by atoms with Crippen molar-refractivity contribution in [3.63, 3.8) is 0 Å². The molecule has 1 aromatic rings. The van der Waals surface area contributed by atoms with Crippen molar-refractivity contribution in [2.45, 2.75) is 59.4 Å². The first-order valence-electron chi connectivity index (χ1n) is 7.81. The van der Waals surface area contributed by atoms with E-state index in [2.05, 4.69) is 54.9 Å². The maximum Gasteiger partial charge on any atom is 0.137 e. The normalized spacial score (nSPS) is 11.7. The molecule has 0 saturated carbocycles. The molecule has 1 rings (SSSR count). The Hall–Kier alpha value is -0.870. The van der Waals surface area contributed by atoms with Crippen LogP contribution >= 0.6 is 11.6 Å². The number of hydrogen-bond donors (Lipinski definition) is 1. The fourth-order valence-electron chi connectivity index (χ4n) is 1.89. The molecule has 0 radical (unpaired) electrons. The average molecular weight is 313 g/mol. The summed E-state index contributed by atoms with van der Waals surface area (Å²) in [5.74, 6) is 1.95. The lowest BCUT2D eigenvalue weighted by molar-refractivity contribution is 0.269. The summed E-state index contributed by atoms with van der Waals surface area (Å²) in [5.41, 5.74) is 0.931. The van der Waals surface area contributed by atoms with Gasteiger partial charge in [0, 0.05) is 24.1 Å². The van der Waals surface area contributed by atoms with Gasteiger partial charge in [-0.2, -0.15) is 0 Å². The monoisotopic (exact) mass is 312 g/mol. The lowest BCUT2D eigenvalue weighted by Gasteiger charge is -2.20. The lowest BCUT2D eigenvalue weighted by atomic mass is 10.2. The minimum atomic E-state index is 0.281. The highest BCUT2D eigenvalue weighted by atomic mass is 35.5. The van der Waals surface area contributed by atoms with Crippen LogP contribution in [0.5, 0.6) is 0 Å². The molecule has 0 aliphatic heterocycles. The van der Waals surface area contributed by atoms with Crippen LogP contribution in [0.4, 0.5) is 5.82 Å². The van der Waals surface area contributed by atoms with Gasteiger partial charge in [0.15, 0.2) is 0 Å². The highest BCUT2D eigenvalue weighted by Gasteiger charge is 2.11. The second-order valence-electron chi connectivity index (χ2n) is 6.21. The van der Waals surface area contributed by atoms with E-state index in [9.17, 15) is 0 Å². The standard InChI is InChI=1S/C16H29ClN4/c1-11(2)15-19-14(17)13(5)16(20-15)18-9-7-8-10-21(6)12(3)4/h11-12H,7-10H2,1-6H3,(H,18,19,20). The average Bonchev–Trinajstić information content (AvgIpc) is 2.41. The molecule has 120 valence electrons.